The number of rotatable bonds is 12. The van der Waals surface area contributed by atoms with Gasteiger partial charge in [0.1, 0.15) is 0 Å². The number of nitrogens with one attached hydrogen (secondary N) is 1. The van der Waals surface area contributed by atoms with Crippen LogP contribution in [-0.2, 0) is 15.8 Å². The van der Waals surface area contributed by atoms with Gasteiger partial charge in [-0.1, -0.05) is 0 Å². The predicted octanol–water partition coefficient (Wildman–Crippen LogP) is -1.45. The summed E-state index contributed by atoms with van der Waals surface area (Å²) in [6, 6.07) is 6.30. The molecule has 1 aliphatic rings. The zero-order valence-corrected chi connectivity index (χ0v) is 21.9. The first-order valence-electron chi connectivity index (χ1n) is 12.9. The molecule has 37 heavy (non-hydrogen) atoms. The van der Waals surface area contributed by atoms with Gasteiger partial charge in [-0.15, -0.1) is 0 Å². The van der Waals surface area contributed by atoms with Crippen molar-refractivity contribution in [3.63, 3.8) is 0 Å². The second-order valence-electron chi connectivity index (χ2n) is 9.57. The van der Waals surface area contributed by atoms with Crippen molar-refractivity contribution in [1.82, 2.24) is 24.7 Å². The van der Waals surface area contributed by atoms with E-state index in [1.807, 2.05) is 9.71 Å². The van der Waals surface area contributed by atoms with E-state index in [1.54, 1.807) is 25.8 Å². The van der Waals surface area contributed by atoms with Crippen molar-refractivity contribution >= 4 is 34.1 Å². The van der Waals surface area contributed by atoms with Crippen LogP contribution < -0.4 is 5.23 Å². The van der Waals surface area contributed by atoms with Crippen molar-refractivity contribution in [3.05, 3.63) is 39.9 Å². The third kappa shape index (κ3) is 12.1. The molecule has 2 rings (SSSR count). The minimum absolute atomic E-state index is 0.0343. The third-order valence-corrected chi connectivity index (χ3v) is 6.65. The van der Waals surface area contributed by atoms with Crippen LogP contribution in [0.15, 0.2) is 24.3 Å². The molecule has 0 saturated carbocycles. The Bertz CT molecular complexity index is 840. The standard InChI is InChI=1S/C21H38B4N6O6/c1-24(34)26-20(15-19-3-5-21(6-4-19)31(36)37)16-27-7-8-28(17-22-32)9-10-29(18-23-33)12-14-30(13-11-27)25(2)35/h3-6,20,26,34-35H,7-18H2,1-2H3. The van der Waals surface area contributed by atoms with Crippen LogP contribution in [0.4, 0.5) is 5.69 Å². The van der Waals surface area contributed by atoms with Crippen molar-refractivity contribution < 1.29 is 24.4 Å². The minimum atomic E-state index is -0.736. The van der Waals surface area contributed by atoms with Crippen molar-refractivity contribution in [2.45, 2.75) is 26.1 Å². The van der Waals surface area contributed by atoms with Crippen LogP contribution in [-0.4, -0.2) is 141 Å². The molecule has 0 bridgehead atoms. The summed E-state index contributed by atoms with van der Waals surface area (Å²) in [4.78, 5) is 18.9. The van der Waals surface area contributed by atoms with Gasteiger partial charge in [-0.05, 0) is 0 Å². The van der Waals surface area contributed by atoms with Crippen LogP contribution in [0, 0.1) is 10.1 Å². The molecule has 1 aromatic carbocycles. The second kappa shape index (κ2) is 16.9. The van der Waals surface area contributed by atoms with Crippen molar-refractivity contribution in [3.8, 4) is 0 Å². The van der Waals surface area contributed by atoms with Crippen molar-refractivity contribution in [1.29, 1.82) is 0 Å². The van der Waals surface area contributed by atoms with E-state index in [0.29, 0.717) is 78.2 Å². The first kappa shape index (κ1) is 31.4. The molecule has 1 heterocycles. The molecular weight excluding hydrogens is 476 g/mol. The Kier molecular flexibility index (Phi) is 14.4. The van der Waals surface area contributed by atoms with Crippen molar-refractivity contribution in [2.24, 2.45) is 0 Å². The van der Waals surface area contributed by atoms with Gasteiger partial charge in [-0.3, -0.25) is 10.1 Å². The first-order valence-corrected chi connectivity index (χ1v) is 12.9. The Labute approximate surface area is 221 Å². The molecule has 1 aliphatic heterocycles. The maximum atomic E-state index is 11.3. The van der Waals surface area contributed by atoms with Crippen LogP contribution in [0.5, 0.6) is 0 Å². The maximum absolute atomic E-state index is 11.3. The SMILES string of the molecule is CB(O)NC(Cc1ccc([N+](=O)[O-])cc1)CN1CCN(CB=O)CCN(CB=O)CCN(B(C)O)CC1. The normalized spacial score (nSPS) is 18.2. The molecule has 0 spiro atoms. The van der Waals surface area contributed by atoms with Crippen LogP contribution in [0.25, 0.3) is 0 Å². The number of non-ortho nitro benzene ring substituents is 1. The zero-order chi connectivity index (χ0) is 27.2. The van der Waals surface area contributed by atoms with Gasteiger partial charge in [0.05, 0.1) is 4.92 Å². The summed E-state index contributed by atoms with van der Waals surface area (Å²) in [5.41, 5.74) is 0.952. The molecule has 1 unspecified atom stereocenters. The number of nitro groups is 1. The number of hydrogen-bond acceptors (Lipinski definition) is 11. The average Bonchev–Trinajstić information content (AvgIpc) is 2.83. The van der Waals surface area contributed by atoms with Gasteiger partial charge in [-0.25, -0.2) is 0 Å². The third-order valence-electron chi connectivity index (χ3n) is 6.65. The van der Waals surface area contributed by atoms with Crippen LogP contribution in [0.1, 0.15) is 5.56 Å². The topological polar surface area (TPSA) is 143 Å². The van der Waals surface area contributed by atoms with Gasteiger partial charge >= 0.3 is 206 Å². The van der Waals surface area contributed by atoms with E-state index in [-0.39, 0.29) is 11.7 Å². The fourth-order valence-corrected chi connectivity index (χ4v) is 4.55. The molecule has 3 N–H and O–H groups in total. The first-order chi connectivity index (χ1) is 17.7. The average molecular weight is 514 g/mol. The van der Waals surface area contributed by atoms with Gasteiger partial charge < -0.3 is 0 Å². The number of nitro benzene ring substituents is 1. The fraction of sp³-hybridized carbons (Fsp3) is 0.714. The Balaban J connectivity index is 2.17. The molecule has 1 aromatic rings. The van der Waals surface area contributed by atoms with Gasteiger partial charge in [0.2, 0.25) is 0 Å². The summed E-state index contributed by atoms with van der Waals surface area (Å²) in [5, 5.41) is 34.6. The Morgan fingerprint density at radius 1 is 0.919 bits per heavy atom. The second-order valence-corrected chi connectivity index (χ2v) is 9.57. The summed E-state index contributed by atoms with van der Waals surface area (Å²) < 4.78 is 22.4. The molecule has 0 aliphatic carbocycles. The Hall–Kier alpha value is -1.80. The molecular formula is C21H38B4N6O6. The molecule has 16 heteroatoms. The summed E-state index contributed by atoms with van der Waals surface area (Å²) in [6.45, 7) is 9.11. The summed E-state index contributed by atoms with van der Waals surface area (Å²) in [5.74, 6) is 0. The van der Waals surface area contributed by atoms with E-state index in [1.165, 1.54) is 12.1 Å². The molecule has 0 amide bonds. The van der Waals surface area contributed by atoms with E-state index in [0.717, 1.165) is 19.9 Å². The quantitative estimate of drug-likeness (QED) is 0.172. The zero-order valence-electron chi connectivity index (χ0n) is 21.9. The number of benzene rings is 1. The summed E-state index contributed by atoms with van der Waals surface area (Å²) in [7, 11) is 0.396. The van der Waals surface area contributed by atoms with E-state index >= 15 is 0 Å². The van der Waals surface area contributed by atoms with Crippen LogP contribution in [0.3, 0.4) is 0 Å². The fourth-order valence-electron chi connectivity index (χ4n) is 4.55. The Morgan fingerprint density at radius 2 is 1.41 bits per heavy atom. The van der Waals surface area contributed by atoms with Crippen molar-refractivity contribution in [2.75, 3.05) is 71.8 Å². The van der Waals surface area contributed by atoms with E-state index in [2.05, 4.69) is 15.0 Å². The molecule has 1 atom stereocenters. The Morgan fingerprint density at radius 3 is 1.86 bits per heavy atom. The molecule has 1 fully saturated rings. The predicted molar refractivity (Wildman–Crippen MR) is 145 cm³/mol. The monoisotopic (exact) mass is 514 g/mol. The summed E-state index contributed by atoms with van der Waals surface area (Å²) in [6.07, 6.45) is 1.18. The van der Waals surface area contributed by atoms with Crippen LogP contribution >= 0.6 is 0 Å². The van der Waals surface area contributed by atoms with Gasteiger partial charge in [0, 0.05) is 0 Å². The summed E-state index contributed by atoms with van der Waals surface area (Å²) >= 11 is 0. The van der Waals surface area contributed by atoms with E-state index < -0.39 is 19.0 Å². The number of nitrogens with zero attached hydrogens (tertiary/aromatic N) is 5. The van der Waals surface area contributed by atoms with Crippen LogP contribution in [0.2, 0.25) is 13.6 Å². The number of hydrogen-bond donors (Lipinski definition) is 3. The molecule has 0 aromatic heterocycles. The van der Waals surface area contributed by atoms with Gasteiger partial charge in [0.25, 0.3) is 0 Å². The molecule has 200 valence electrons. The molecule has 12 nitrogen and oxygen atoms in total. The van der Waals surface area contributed by atoms with Gasteiger partial charge in [-0.2, -0.15) is 0 Å². The molecule has 1 saturated heterocycles. The van der Waals surface area contributed by atoms with E-state index in [4.69, 9.17) is 0 Å². The molecule has 0 radical (unpaired) electrons. The van der Waals surface area contributed by atoms with E-state index in [9.17, 15) is 29.6 Å². The van der Waals surface area contributed by atoms with Gasteiger partial charge in [0.15, 0.2) is 0 Å².